The van der Waals surface area contributed by atoms with Gasteiger partial charge in [-0.15, -0.1) is 11.3 Å². The number of carbonyl (C=O) groups excluding carboxylic acids is 2. The standard InChI is InChI=1S/C17H18ClN3O3S/c18-13-1-3-14(4-2-13)24-11-15(22)21-8-5-12(6-9-21)16(23)20-17-19-7-10-25-17/h1-4,7,10,12H,5-6,8-9,11H2,(H,19,20,23). The molecule has 1 aromatic heterocycles. The third-order valence-corrected chi connectivity index (χ3v) is 5.00. The van der Waals surface area contributed by atoms with Gasteiger partial charge in [-0.05, 0) is 37.1 Å². The molecule has 0 saturated carbocycles. The number of nitrogens with one attached hydrogen (secondary N) is 1. The van der Waals surface area contributed by atoms with Gasteiger partial charge in [-0.1, -0.05) is 11.6 Å². The first kappa shape index (κ1) is 17.7. The number of benzene rings is 1. The Hall–Kier alpha value is -2.12. The molecule has 1 saturated heterocycles. The lowest BCUT2D eigenvalue weighted by Gasteiger charge is -2.31. The van der Waals surface area contributed by atoms with E-state index in [4.69, 9.17) is 16.3 Å². The number of aromatic nitrogens is 1. The van der Waals surface area contributed by atoms with E-state index in [2.05, 4.69) is 10.3 Å². The van der Waals surface area contributed by atoms with E-state index >= 15 is 0 Å². The molecule has 1 N–H and O–H groups in total. The monoisotopic (exact) mass is 379 g/mol. The van der Waals surface area contributed by atoms with Crippen LogP contribution in [0, 0.1) is 5.92 Å². The van der Waals surface area contributed by atoms with Crippen molar-refractivity contribution in [2.75, 3.05) is 25.0 Å². The Morgan fingerprint density at radius 3 is 2.64 bits per heavy atom. The maximum atomic E-state index is 12.2. The average molecular weight is 380 g/mol. The summed E-state index contributed by atoms with van der Waals surface area (Å²) in [6, 6.07) is 6.89. The number of ether oxygens (including phenoxy) is 1. The minimum atomic E-state index is -0.0925. The van der Waals surface area contributed by atoms with Gasteiger partial charge in [-0.25, -0.2) is 4.98 Å². The highest BCUT2D eigenvalue weighted by atomic mass is 35.5. The summed E-state index contributed by atoms with van der Waals surface area (Å²) in [6.45, 7) is 1.09. The van der Waals surface area contributed by atoms with Gasteiger partial charge in [0.1, 0.15) is 5.75 Å². The predicted octanol–water partition coefficient (Wildman–Crippen LogP) is 3.05. The number of amides is 2. The van der Waals surface area contributed by atoms with Crippen LogP contribution < -0.4 is 10.1 Å². The number of hydrogen-bond acceptors (Lipinski definition) is 5. The second-order valence-electron chi connectivity index (χ2n) is 5.72. The van der Waals surface area contributed by atoms with Gasteiger partial charge in [-0.2, -0.15) is 0 Å². The van der Waals surface area contributed by atoms with Crippen LogP contribution in [0.3, 0.4) is 0 Å². The van der Waals surface area contributed by atoms with Crippen molar-refractivity contribution in [3.05, 3.63) is 40.9 Å². The van der Waals surface area contributed by atoms with E-state index < -0.39 is 0 Å². The zero-order chi connectivity index (χ0) is 17.6. The Bertz CT molecular complexity index is 713. The quantitative estimate of drug-likeness (QED) is 0.866. The number of rotatable bonds is 5. The van der Waals surface area contributed by atoms with E-state index in [9.17, 15) is 9.59 Å². The molecule has 2 heterocycles. The molecule has 1 aliphatic heterocycles. The van der Waals surface area contributed by atoms with E-state index in [-0.39, 0.29) is 24.3 Å². The van der Waals surface area contributed by atoms with Gasteiger partial charge in [0, 0.05) is 35.6 Å². The summed E-state index contributed by atoms with van der Waals surface area (Å²) in [4.78, 5) is 30.2. The summed E-state index contributed by atoms with van der Waals surface area (Å²) in [5, 5.41) is 5.87. The van der Waals surface area contributed by atoms with Gasteiger partial charge < -0.3 is 15.0 Å². The highest BCUT2D eigenvalue weighted by Crippen LogP contribution is 2.21. The fourth-order valence-electron chi connectivity index (χ4n) is 2.65. The van der Waals surface area contributed by atoms with E-state index in [1.54, 1.807) is 35.4 Å². The van der Waals surface area contributed by atoms with Gasteiger partial charge in [0.15, 0.2) is 11.7 Å². The van der Waals surface area contributed by atoms with Crippen molar-refractivity contribution in [3.8, 4) is 5.75 Å². The molecule has 0 unspecified atom stereocenters. The normalized spacial score (nSPS) is 15.0. The third-order valence-electron chi connectivity index (χ3n) is 4.06. The molecule has 1 aliphatic rings. The molecule has 1 fully saturated rings. The van der Waals surface area contributed by atoms with E-state index in [0.717, 1.165) is 0 Å². The Balaban J connectivity index is 1.42. The Kier molecular flexibility index (Phi) is 5.88. The molecule has 0 spiro atoms. The van der Waals surface area contributed by atoms with Crippen LogP contribution in [0.4, 0.5) is 5.13 Å². The van der Waals surface area contributed by atoms with Crippen molar-refractivity contribution in [2.45, 2.75) is 12.8 Å². The molecule has 3 rings (SSSR count). The minimum absolute atomic E-state index is 0.0163. The van der Waals surface area contributed by atoms with E-state index in [0.29, 0.717) is 41.8 Å². The van der Waals surface area contributed by atoms with Crippen LogP contribution in [0.2, 0.25) is 5.02 Å². The second kappa shape index (κ2) is 8.31. The number of hydrogen-bond donors (Lipinski definition) is 1. The van der Waals surface area contributed by atoms with Crippen molar-refractivity contribution >= 4 is 39.9 Å². The molecular weight excluding hydrogens is 362 g/mol. The number of piperidine rings is 1. The molecule has 132 valence electrons. The van der Waals surface area contributed by atoms with Crippen LogP contribution in [0.5, 0.6) is 5.75 Å². The van der Waals surface area contributed by atoms with Crippen LogP contribution in [-0.4, -0.2) is 41.4 Å². The van der Waals surface area contributed by atoms with Crippen molar-refractivity contribution in [1.82, 2.24) is 9.88 Å². The molecule has 2 amide bonds. The first-order valence-electron chi connectivity index (χ1n) is 7.98. The highest BCUT2D eigenvalue weighted by Gasteiger charge is 2.27. The highest BCUT2D eigenvalue weighted by molar-refractivity contribution is 7.13. The molecular formula is C17H18ClN3O3S. The SMILES string of the molecule is O=C(Nc1nccs1)C1CCN(C(=O)COc2ccc(Cl)cc2)CC1. The maximum absolute atomic E-state index is 12.2. The van der Waals surface area contributed by atoms with Crippen LogP contribution >= 0.6 is 22.9 Å². The molecule has 0 aliphatic carbocycles. The van der Waals surface area contributed by atoms with Gasteiger partial charge in [-0.3, -0.25) is 9.59 Å². The second-order valence-corrected chi connectivity index (χ2v) is 7.06. The fourth-order valence-corrected chi connectivity index (χ4v) is 3.31. The zero-order valence-electron chi connectivity index (χ0n) is 13.5. The molecule has 0 bridgehead atoms. The van der Waals surface area contributed by atoms with Crippen LogP contribution in [0.1, 0.15) is 12.8 Å². The summed E-state index contributed by atoms with van der Waals surface area (Å²) < 4.78 is 5.48. The number of carbonyl (C=O) groups is 2. The average Bonchev–Trinajstić information content (AvgIpc) is 3.14. The van der Waals surface area contributed by atoms with Gasteiger partial charge in [0.05, 0.1) is 0 Å². The molecule has 1 aromatic carbocycles. The smallest absolute Gasteiger partial charge is 0.260 e. The summed E-state index contributed by atoms with van der Waals surface area (Å²) in [7, 11) is 0. The molecule has 6 nitrogen and oxygen atoms in total. The van der Waals surface area contributed by atoms with E-state index in [1.807, 2.05) is 5.38 Å². The topological polar surface area (TPSA) is 71.5 Å². The Morgan fingerprint density at radius 1 is 1.28 bits per heavy atom. The number of nitrogens with zero attached hydrogens (tertiary/aromatic N) is 2. The van der Waals surface area contributed by atoms with Gasteiger partial charge in [0.25, 0.3) is 5.91 Å². The molecule has 0 radical (unpaired) electrons. The lowest BCUT2D eigenvalue weighted by atomic mass is 9.96. The first-order chi connectivity index (χ1) is 12.1. The van der Waals surface area contributed by atoms with Crippen LogP contribution in [0.15, 0.2) is 35.8 Å². The fraction of sp³-hybridized carbons (Fsp3) is 0.353. The van der Waals surface area contributed by atoms with Crippen LogP contribution in [0.25, 0.3) is 0 Å². The molecule has 2 aromatic rings. The largest absolute Gasteiger partial charge is 0.484 e. The minimum Gasteiger partial charge on any atom is -0.484 e. The molecule has 25 heavy (non-hydrogen) atoms. The van der Waals surface area contributed by atoms with Crippen LogP contribution in [-0.2, 0) is 9.59 Å². The lowest BCUT2D eigenvalue weighted by Crippen LogP contribution is -2.43. The van der Waals surface area contributed by atoms with Crippen molar-refractivity contribution in [2.24, 2.45) is 5.92 Å². The Labute approximate surface area is 154 Å². The zero-order valence-corrected chi connectivity index (χ0v) is 15.1. The van der Waals surface area contributed by atoms with E-state index in [1.165, 1.54) is 11.3 Å². The van der Waals surface area contributed by atoms with Gasteiger partial charge >= 0.3 is 0 Å². The van der Waals surface area contributed by atoms with Gasteiger partial charge in [0.2, 0.25) is 5.91 Å². The number of halogens is 1. The third kappa shape index (κ3) is 4.93. The number of likely N-dealkylation sites (tertiary alicyclic amines) is 1. The lowest BCUT2D eigenvalue weighted by molar-refractivity contribution is -0.136. The summed E-state index contributed by atoms with van der Waals surface area (Å²) in [5.41, 5.74) is 0. The number of thiazole rings is 1. The maximum Gasteiger partial charge on any atom is 0.260 e. The summed E-state index contributed by atoms with van der Waals surface area (Å²) in [6.07, 6.45) is 2.94. The van der Waals surface area contributed by atoms with Crippen molar-refractivity contribution in [3.63, 3.8) is 0 Å². The Morgan fingerprint density at radius 2 is 2.00 bits per heavy atom. The summed E-state index contributed by atoms with van der Waals surface area (Å²) in [5.74, 6) is 0.411. The first-order valence-corrected chi connectivity index (χ1v) is 9.24. The summed E-state index contributed by atoms with van der Waals surface area (Å²) >= 11 is 7.21. The molecule has 0 atom stereocenters. The molecule has 8 heteroatoms. The predicted molar refractivity (Wildman–Crippen MR) is 97.0 cm³/mol. The van der Waals surface area contributed by atoms with Crippen molar-refractivity contribution in [1.29, 1.82) is 0 Å². The number of anilines is 1. The van der Waals surface area contributed by atoms with Crippen molar-refractivity contribution < 1.29 is 14.3 Å².